The number of aromatic hydroxyl groups is 2. The first-order valence-corrected chi connectivity index (χ1v) is 5.40. The number of phenols is 2. The number of hydrogen-bond donors (Lipinski definition) is 2. The van der Waals surface area contributed by atoms with Crippen LogP contribution in [0.4, 0.5) is 11.4 Å². The quantitative estimate of drug-likeness (QED) is 0.809. The first kappa shape index (κ1) is 11.9. The Morgan fingerprint density at radius 1 is 0.667 bits per heavy atom. The van der Waals surface area contributed by atoms with E-state index >= 15 is 0 Å². The van der Waals surface area contributed by atoms with Crippen molar-refractivity contribution in [3.8, 4) is 11.5 Å². The Balaban J connectivity index is 2.08. The monoisotopic (exact) mass is 240 g/mol. The van der Waals surface area contributed by atoms with Crippen LogP contribution in [0.3, 0.4) is 0 Å². The van der Waals surface area contributed by atoms with Crippen molar-refractivity contribution in [2.45, 2.75) is 0 Å². The van der Waals surface area contributed by atoms with E-state index < -0.39 is 0 Å². The molecule has 2 aromatic rings. The van der Waals surface area contributed by atoms with Gasteiger partial charge in [0.05, 0.1) is 0 Å². The average molecular weight is 240 g/mol. The minimum absolute atomic E-state index is 0.115. The highest BCUT2D eigenvalue weighted by Gasteiger charge is 1.95. The molecule has 0 heterocycles. The van der Waals surface area contributed by atoms with Gasteiger partial charge in [-0.05, 0) is 24.3 Å². The summed E-state index contributed by atoms with van der Waals surface area (Å²) in [5.41, 5.74) is 0.947. The molecule has 0 aromatic heterocycles. The second-order valence-corrected chi connectivity index (χ2v) is 3.53. The van der Waals surface area contributed by atoms with E-state index in [9.17, 15) is 10.2 Å². The summed E-state index contributed by atoms with van der Waals surface area (Å²) in [6.45, 7) is 0. The summed E-state index contributed by atoms with van der Waals surface area (Å²) in [5.74, 6) is 0.231. The number of benzene rings is 2. The maximum atomic E-state index is 9.47. The molecule has 0 spiro atoms. The van der Waals surface area contributed by atoms with E-state index in [1.54, 1.807) is 48.5 Å². The molecule has 0 radical (unpaired) electrons. The molecule has 0 amide bonds. The highest BCUT2D eigenvalue weighted by atomic mass is 16.3. The Morgan fingerprint density at radius 3 is 1.44 bits per heavy atom. The van der Waals surface area contributed by atoms with Crippen LogP contribution in [-0.4, -0.2) is 22.6 Å². The third-order valence-corrected chi connectivity index (χ3v) is 2.26. The molecule has 4 nitrogen and oxygen atoms in total. The molecular weight excluding hydrogens is 228 g/mol. The van der Waals surface area contributed by atoms with Crippen LogP contribution in [0.25, 0.3) is 0 Å². The van der Waals surface area contributed by atoms with Gasteiger partial charge in [-0.1, -0.05) is 24.3 Å². The molecule has 2 N–H and O–H groups in total. The zero-order valence-corrected chi connectivity index (χ0v) is 9.56. The van der Waals surface area contributed by atoms with Gasteiger partial charge in [-0.3, -0.25) is 9.98 Å². The Kier molecular flexibility index (Phi) is 3.71. The van der Waals surface area contributed by atoms with Gasteiger partial charge in [-0.2, -0.15) is 0 Å². The Bertz CT molecular complexity index is 538. The summed E-state index contributed by atoms with van der Waals surface area (Å²) in [4.78, 5) is 8.09. The molecule has 0 unspecified atom stereocenters. The lowest BCUT2D eigenvalue weighted by atomic mass is 10.3. The highest BCUT2D eigenvalue weighted by Crippen LogP contribution is 2.25. The standard InChI is InChI=1S/C14H12N2O2/c17-13-7-3-1-5-11(13)15-9-10-16-12-6-2-4-8-14(12)18/h1-10,17-18H/b15-9-,16-10-. The molecule has 18 heavy (non-hydrogen) atoms. The minimum Gasteiger partial charge on any atom is -0.506 e. The highest BCUT2D eigenvalue weighted by molar-refractivity contribution is 6.17. The van der Waals surface area contributed by atoms with E-state index in [-0.39, 0.29) is 11.5 Å². The second-order valence-electron chi connectivity index (χ2n) is 3.53. The molecule has 0 saturated carbocycles. The number of hydrogen-bond acceptors (Lipinski definition) is 4. The SMILES string of the molecule is Oc1ccccc1/N=C\C=N/c1ccccc1O. The number of para-hydroxylation sites is 4. The van der Waals surface area contributed by atoms with Crippen LogP contribution < -0.4 is 0 Å². The average Bonchev–Trinajstić information content (AvgIpc) is 2.38. The third-order valence-electron chi connectivity index (χ3n) is 2.26. The van der Waals surface area contributed by atoms with Crippen LogP contribution in [-0.2, 0) is 0 Å². The summed E-state index contributed by atoms with van der Waals surface area (Å²) in [6.07, 6.45) is 2.92. The maximum absolute atomic E-state index is 9.47. The second kappa shape index (κ2) is 5.63. The van der Waals surface area contributed by atoms with Gasteiger partial charge in [-0.25, -0.2) is 0 Å². The van der Waals surface area contributed by atoms with E-state index in [0.717, 1.165) is 0 Å². The van der Waals surface area contributed by atoms with Gasteiger partial charge in [0, 0.05) is 12.4 Å². The van der Waals surface area contributed by atoms with Crippen LogP contribution in [0.2, 0.25) is 0 Å². The van der Waals surface area contributed by atoms with E-state index in [1.165, 1.54) is 12.4 Å². The lowest BCUT2D eigenvalue weighted by Crippen LogP contribution is -1.76. The third kappa shape index (κ3) is 2.95. The van der Waals surface area contributed by atoms with Crippen molar-refractivity contribution in [1.29, 1.82) is 0 Å². The molecular formula is C14H12N2O2. The van der Waals surface area contributed by atoms with Crippen molar-refractivity contribution in [2.75, 3.05) is 0 Å². The molecule has 0 fully saturated rings. The summed E-state index contributed by atoms with van der Waals surface area (Å²) < 4.78 is 0. The molecule has 0 aliphatic carbocycles. The van der Waals surface area contributed by atoms with Gasteiger partial charge in [0.15, 0.2) is 0 Å². The molecule has 4 heteroatoms. The largest absolute Gasteiger partial charge is 0.506 e. The Hall–Kier alpha value is -2.62. The number of rotatable bonds is 3. The van der Waals surface area contributed by atoms with E-state index in [1.807, 2.05) is 0 Å². The first-order chi connectivity index (χ1) is 8.77. The van der Waals surface area contributed by atoms with Gasteiger partial charge in [-0.15, -0.1) is 0 Å². The van der Waals surface area contributed by atoms with Crippen LogP contribution in [0.1, 0.15) is 0 Å². The van der Waals surface area contributed by atoms with Crippen molar-refractivity contribution in [3.05, 3.63) is 48.5 Å². The molecule has 2 rings (SSSR count). The summed E-state index contributed by atoms with van der Waals surface area (Å²) >= 11 is 0. The van der Waals surface area contributed by atoms with Gasteiger partial charge in [0.2, 0.25) is 0 Å². The zero-order valence-electron chi connectivity index (χ0n) is 9.56. The van der Waals surface area contributed by atoms with Crippen LogP contribution >= 0.6 is 0 Å². The minimum atomic E-state index is 0.115. The number of aliphatic imine (C=N–C) groups is 2. The summed E-state index contributed by atoms with van der Waals surface area (Å²) in [5, 5.41) is 18.9. The lowest BCUT2D eigenvalue weighted by molar-refractivity contribution is 0.476. The Morgan fingerprint density at radius 2 is 1.06 bits per heavy atom. The number of phenolic OH excluding ortho intramolecular Hbond substituents is 2. The fourth-order valence-electron chi connectivity index (χ4n) is 1.37. The maximum Gasteiger partial charge on any atom is 0.141 e. The van der Waals surface area contributed by atoms with E-state index in [4.69, 9.17) is 0 Å². The fraction of sp³-hybridized carbons (Fsp3) is 0. The van der Waals surface area contributed by atoms with Crippen LogP contribution in [0, 0.1) is 0 Å². The smallest absolute Gasteiger partial charge is 0.141 e. The molecule has 0 aliphatic rings. The van der Waals surface area contributed by atoms with Crippen molar-refractivity contribution < 1.29 is 10.2 Å². The van der Waals surface area contributed by atoms with Crippen molar-refractivity contribution in [2.24, 2.45) is 9.98 Å². The summed E-state index contributed by atoms with van der Waals surface area (Å²) in [6, 6.07) is 13.5. The molecule has 0 saturated heterocycles. The zero-order chi connectivity index (χ0) is 12.8. The van der Waals surface area contributed by atoms with E-state index in [2.05, 4.69) is 9.98 Å². The van der Waals surface area contributed by atoms with Gasteiger partial charge >= 0.3 is 0 Å². The number of nitrogens with zero attached hydrogens (tertiary/aromatic N) is 2. The van der Waals surface area contributed by atoms with Crippen molar-refractivity contribution >= 4 is 23.8 Å². The van der Waals surface area contributed by atoms with Crippen LogP contribution in [0.15, 0.2) is 58.5 Å². The van der Waals surface area contributed by atoms with Crippen molar-refractivity contribution in [3.63, 3.8) is 0 Å². The van der Waals surface area contributed by atoms with Gasteiger partial charge in [0.1, 0.15) is 22.9 Å². The molecule has 0 atom stereocenters. The molecule has 0 aliphatic heterocycles. The predicted molar refractivity (Wildman–Crippen MR) is 72.5 cm³/mol. The van der Waals surface area contributed by atoms with Crippen molar-refractivity contribution in [1.82, 2.24) is 0 Å². The summed E-state index contributed by atoms with van der Waals surface area (Å²) in [7, 11) is 0. The fourth-order valence-corrected chi connectivity index (χ4v) is 1.37. The molecule has 0 bridgehead atoms. The Labute approximate surface area is 105 Å². The lowest BCUT2D eigenvalue weighted by Gasteiger charge is -1.96. The first-order valence-electron chi connectivity index (χ1n) is 5.40. The predicted octanol–water partition coefficient (Wildman–Crippen LogP) is 3.20. The normalized spacial score (nSPS) is 11.3. The van der Waals surface area contributed by atoms with Gasteiger partial charge < -0.3 is 10.2 Å². The van der Waals surface area contributed by atoms with E-state index in [0.29, 0.717) is 11.4 Å². The molecule has 90 valence electrons. The van der Waals surface area contributed by atoms with Crippen LogP contribution in [0.5, 0.6) is 11.5 Å². The molecule has 2 aromatic carbocycles. The topological polar surface area (TPSA) is 65.2 Å². The van der Waals surface area contributed by atoms with Gasteiger partial charge in [0.25, 0.3) is 0 Å².